The van der Waals surface area contributed by atoms with Crippen LogP contribution in [0.5, 0.6) is 11.5 Å². The van der Waals surface area contributed by atoms with Gasteiger partial charge in [0.1, 0.15) is 13.2 Å². The molecule has 100 valence electrons. The van der Waals surface area contributed by atoms with Gasteiger partial charge in [-0.05, 0) is 34.5 Å². The lowest BCUT2D eigenvalue weighted by molar-refractivity contribution is 0.171. The first-order valence-electron chi connectivity index (χ1n) is 6.20. The minimum absolute atomic E-state index is 0.341. The summed E-state index contributed by atoms with van der Waals surface area (Å²) in [7, 11) is 0. The number of aromatic nitrogens is 4. The van der Waals surface area contributed by atoms with Crippen LogP contribution in [0, 0.1) is 0 Å². The Labute approximate surface area is 110 Å². The lowest BCUT2D eigenvalue weighted by Crippen LogP contribution is -2.15. The van der Waals surface area contributed by atoms with Gasteiger partial charge in [-0.25, -0.2) is 4.68 Å². The third kappa shape index (κ3) is 2.50. The van der Waals surface area contributed by atoms with E-state index in [4.69, 9.17) is 15.2 Å². The van der Waals surface area contributed by atoms with Crippen molar-refractivity contribution in [3.8, 4) is 11.5 Å². The molecule has 19 heavy (non-hydrogen) atoms. The Hall–Kier alpha value is -2.15. The van der Waals surface area contributed by atoms with Gasteiger partial charge in [0.2, 0.25) is 0 Å². The summed E-state index contributed by atoms with van der Waals surface area (Å²) < 4.78 is 12.8. The molecular weight excluding hydrogens is 246 g/mol. The molecule has 0 radical (unpaired) electrons. The minimum atomic E-state index is 0.341. The second-order valence-electron chi connectivity index (χ2n) is 4.25. The fourth-order valence-corrected chi connectivity index (χ4v) is 2.02. The largest absolute Gasteiger partial charge is 0.486 e. The standard InChI is InChI=1S/C12H15N5O2/c13-8-12-14-15-16-17(12)4-3-9-1-2-10-11(7-9)19-6-5-18-10/h1-2,7H,3-6,8,13H2. The molecular formula is C12H15N5O2. The van der Waals surface area contributed by atoms with Crippen molar-refractivity contribution in [2.45, 2.75) is 19.5 Å². The molecule has 2 aromatic rings. The molecule has 3 rings (SSSR count). The van der Waals surface area contributed by atoms with Crippen LogP contribution in [0.3, 0.4) is 0 Å². The average molecular weight is 261 g/mol. The van der Waals surface area contributed by atoms with Crippen LogP contribution in [0.25, 0.3) is 0 Å². The third-order valence-corrected chi connectivity index (χ3v) is 3.01. The summed E-state index contributed by atoms with van der Waals surface area (Å²) >= 11 is 0. The highest BCUT2D eigenvalue weighted by Gasteiger charge is 2.12. The zero-order valence-corrected chi connectivity index (χ0v) is 10.5. The van der Waals surface area contributed by atoms with E-state index in [0.717, 1.165) is 23.5 Å². The van der Waals surface area contributed by atoms with Crippen LogP contribution >= 0.6 is 0 Å². The Bertz CT molecular complexity index is 569. The lowest BCUT2D eigenvalue weighted by atomic mass is 10.1. The van der Waals surface area contributed by atoms with Gasteiger partial charge in [-0.15, -0.1) is 5.10 Å². The van der Waals surface area contributed by atoms with Gasteiger partial charge in [-0.2, -0.15) is 0 Å². The number of aryl methyl sites for hydroxylation is 2. The molecule has 1 aromatic heterocycles. The van der Waals surface area contributed by atoms with Crippen molar-refractivity contribution < 1.29 is 9.47 Å². The number of nitrogens with two attached hydrogens (primary N) is 1. The van der Waals surface area contributed by atoms with Gasteiger partial charge in [0.25, 0.3) is 0 Å². The van der Waals surface area contributed by atoms with E-state index in [1.807, 2.05) is 18.2 Å². The summed E-state index contributed by atoms with van der Waals surface area (Å²) in [5, 5.41) is 11.4. The second-order valence-corrected chi connectivity index (χ2v) is 4.25. The van der Waals surface area contributed by atoms with Gasteiger partial charge in [0.05, 0.1) is 6.54 Å². The van der Waals surface area contributed by atoms with Crippen LogP contribution in [0.15, 0.2) is 18.2 Å². The van der Waals surface area contributed by atoms with E-state index >= 15 is 0 Å². The van der Waals surface area contributed by atoms with Crippen molar-refractivity contribution in [3.63, 3.8) is 0 Å². The van der Waals surface area contributed by atoms with Crippen LogP contribution in [0.4, 0.5) is 0 Å². The van der Waals surface area contributed by atoms with E-state index in [0.29, 0.717) is 32.1 Å². The lowest BCUT2D eigenvalue weighted by Gasteiger charge is -2.18. The molecule has 1 aliphatic rings. The zero-order chi connectivity index (χ0) is 13.1. The molecule has 0 spiro atoms. The Morgan fingerprint density at radius 1 is 1.21 bits per heavy atom. The molecule has 1 aliphatic heterocycles. The summed E-state index contributed by atoms with van der Waals surface area (Å²) in [6.07, 6.45) is 0.814. The molecule has 7 heteroatoms. The number of benzene rings is 1. The highest BCUT2D eigenvalue weighted by atomic mass is 16.6. The van der Waals surface area contributed by atoms with Crippen molar-refractivity contribution in [2.24, 2.45) is 5.73 Å². The molecule has 0 saturated carbocycles. The maximum absolute atomic E-state index is 5.56. The minimum Gasteiger partial charge on any atom is -0.486 e. The zero-order valence-electron chi connectivity index (χ0n) is 10.5. The molecule has 0 atom stereocenters. The molecule has 2 heterocycles. The van der Waals surface area contributed by atoms with Crippen molar-refractivity contribution in [3.05, 3.63) is 29.6 Å². The Balaban J connectivity index is 1.70. The summed E-state index contributed by atoms with van der Waals surface area (Å²) in [5.74, 6) is 2.30. The van der Waals surface area contributed by atoms with E-state index in [9.17, 15) is 0 Å². The van der Waals surface area contributed by atoms with Crippen molar-refractivity contribution in [1.82, 2.24) is 20.2 Å². The van der Waals surface area contributed by atoms with Crippen molar-refractivity contribution >= 4 is 0 Å². The molecule has 0 amide bonds. The van der Waals surface area contributed by atoms with Crippen LogP contribution in [0.1, 0.15) is 11.4 Å². The first kappa shape index (κ1) is 11.9. The van der Waals surface area contributed by atoms with E-state index < -0.39 is 0 Å². The third-order valence-electron chi connectivity index (χ3n) is 3.01. The van der Waals surface area contributed by atoms with Crippen LogP contribution in [-0.2, 0) is 19.5 Å². The highest BCUT2D eigenvalue weighted by Crippen LogP contribution is 2.30. The van der Waals surface area contributed by atoms with E-state index in [-0.39, 0.29) is 0 Å². The number of tetrazole rings is 1. The Kier molecular flexibility index (Phi) is 3.28. The predicted molar refractivity (Wildman–Crippen MR) is 66.8 cm³/mol. The van der Waals surface area contributed by atoms with Gasteiger partial charge in [0, 0.05) is 6.54 Å². The first-order chi connectivity index (χ1) is 9.36. The van der Waals surface area contributed by atoms with Gasteiger partial charge >= 0.3 is 0 Å². The average Bonchev–Trinajstić information content (AvgIpc) is 2.92. The maximum atomic E-state index is 5.56. The van der Waals surface area contributed by atoms with Crippen molar-refractivity contribution in [2.75, 3.05) is 13.2 Å². The normalized spacial score (nSPS) is 13.5. The Morgan fingerprint density at radius 3 is 2.89 bits per heavy atom. The van der Waals surface area contributed by atoms with Crippen LogP contribution < -0.4 is 15.2 Å². The van der Waals surface area contributed by atoms with E-state index in [2.05, 4.69) is 15.5 Å². The van der Waals surface area contributed by atoms with E-state index in [1.165, 1.54) is 0 Å². The predicted octanol–water partition coefficient (Wildman–Crippen LogP) is 0.146. The molecule has 7 nitrogen and oxygen atoms in total. The quantitative estimate of drug-likeness (QED) is 0.842. The van der Waals surface area contributed by atoms with Crippen molar-refractivity contribution in [1.29, 1.82) is 0 Å². The number of hydrogen-bond acceptors (Lipinski definition) is 6. The summed E-state index contributed by atoms with van der Waals surface area (Å²) in [6, 6.07) is 5.97. The molecule has 0 bridgehead atoms. The molecule has 2 N–H and O–H groups in total. The summed E-state index contributed by atoms with van der Waals surface area (Å²) in [4.78, 5) is 0. The number of ether oxygens (including phenoxy) is 2. The van der Waals surface area contributed by atoms with Crippen LogP contribution in [-0.4, -0.2) is 33.4 Å². The maximum Gasteiger partial charge on any atom is 0.164 e. The van der Waals surface area contributed by atoms with Gasteiger partial charge in [-0.3, -0.25) is 0 Å². The molecule has 0 aliphatic carbocycles. The number of fused-ring (bicyclic) bond motifs is 1. The second kappa shape index (κ2) is 5.23. The van der Waals surface area contributed by atoms with Crippen LogP contribution in [0.2, 0.25) is 0 Å². The smallest absolute Gasteiger partial charge is 0.164 e. The highest BCUT2D eigenvalue weighted by molar-refractivity contribution is 5.43. The van der Waals surface area contributed by atoms with Gasteiger partial charge in [0.15, 0.2) is 17.3 Å². The van der Waals surface area contributed by atoms with E-state index in [1.54, 1.807) is 4.68 Å². The monoisotopic (exact) mass is 261 g/mol. The number of hydrogen-bond donors (Lipinski definition) is 1. The van der Waals surface area contributed by atoms with Gasteiger partial charge < -0.3 is 15.2 Å². The molecule has 0 fully saturated rings. The Morgan fingerprint density at radius 2 is 2.05 bits per heavy atom. The van der Waals surface area contributed by atoms with Gasteiger partial charge in [-0.1, -0.05) is 6.07 Å². The first-order valence-corrected chi connectivity index (χ1v) is 6.20. The number of nitrogens with zero attached hydrogens (tertiary/aromatic N) is 4. The topological polar surface area (TPSA) is 88.1 Å². The number of rotatable bonds is 4. The fourth-order valence-electron chi connectivity index (χ4n) is 2.02. The SMILES string of the molecule is NCc1nnnn1CCc1ccc2c(c1)OCCO2. The molecule has 0 saturated heterocycles. The molecule has 0 unspecified atom stereocenters. The molecule has 1 aromatic carbocycles. The summed E-state index contributed by atoms with van der Waals surface area (Å²) in [5.41, 5.74) is 6.71. The fraction of sp³-hybridized carbons (Fsp3) is 0.417. The summed E-state index contributed by atoms with van der Waals surface area (Å²) in [6.45, 7) is 2.24.